The second-order valence-corrected chi connectivity index (χ2v) is 5.65. The van der Waals surface area contributed by atoms with Crippen molar-refractivity contribution in [2.24, 2.45) is 0 Å². The second kappa shape index (κ2) is 7.60. The number of carbonyl (C=O) groups is 1. The highest BCUT2D eigenvalue weighted by Gasteiger charge is 2.10. The highest BCUT2D eigenvalue weighted by atomic mass is 16.5. The van der Waals surface area contributed by atoms with Gasteiger partial charge >= 0.3 is 0 Å². The number of nitrogens with one attached hydrogen (secondary N) is 3. The largest absolute Gasteiger partial charge is 0.368 e. The fourth-order valence-corrected chi connectivity index (χ4v) is 2.49. The lowest BCUT2D eigenvalue weighted by Crippen LogP contribution is -2.25. The van der Waals surface area contributed by atoms with E-state index in [1.165, 1.54) is 6.33 Å². The number of amides is 1. The Morgan fingerprint density at radius 1 is 1.15 bits per heavy atom. The normalized spacial score (nSPS) is 10.8. The van der Waals surface area contributed by atoms with Gasteiger partial charge < -0.3 is 20.1 Å². The molecule has 27 heavy (non-hydrogen) atoms. The average Bonchev–Trinajstić information content (AvgIpc) is 3.37. The first-order chi connectivity index (χ1) is 13.3. The number of benzene rings is 1. The number of H-pyrrole nitrogens is 1. The van der Waals surface area contributed by atoms with Gasteiger partial charge in [-0.05, 0) is 0 Å². The molecular weight excluding hydrogens is 348 g/mol. The summed E-state index contributed by atoms with van der Waals surface area (Å²) in [5.74, 6) is 1.31. The average molecular weight is 364 g/mol. The Balaban J connectivity index is 1.25. The van der Waals surface area contributed by atoms with Crippen molar-refractivity contribution in [1.82, 2.24) is 35.4 Å². The summed E-state index contributed by atoms with van der Waals surface area (Å²) in [6.07, 6.45) is 3.23. The zero-order valence-electron chi connectivity index (χ0n) is 14.2. The number of anilines is 1. The van der Waals surface area contributed by atoms with Crippen LogP contribution in [0.4, 0.5) is 5.82 Å². The van der Waals surface area contributed by atoms with E-state index in [4.69, 9.17) is 4.52 Å². The molecule has 0 saturated carbocycles. The van der Waals surface area contributed by atoms with Gasteiger partial charge in [-0.2, -0.15) is 4.98 Å². The van der Waals surface area contributed by atoms with E-state index in [0.29, 0.717) is 35.2 Å². The zero-order valence-corrected chi connectivity index (χ0v) is 14.2. The molecule has 1 aromatic carbocycles. The van der Waals surface area contributed by atoms with Crippen molar-refractivity contribution < 1.29 is 9.32 Å². The van der Waals surface area contributed by atoms with Gasteiger partial charge in [-0.3, -0.25) is 4.79 Å². The van der Waals surface area contributed by atoms with E-state index >= 15 is 0 Å². The molecule has 0 aliphatic carbocycles. The molecule has 10 heteroatoms. The summed E-state index contributed by atoms with van der Waals surface area (Å²) >= 11 is 0. The molecule has 0 unspecified atom stereocenters. The van der Waals surface area contributed by atoms with Gasteiger partial charge in [0, 0.05) is 18.5 Å². The zero-order chi connectivity index (χ0) is 18.5. The van der Waals surface area contributed by atoms with Gasteiger partial charge in [0.25, 0.3) is 0 Å². The fourth-order valence-electron chi connectivity index (χ4n) is 2.49. The van der Waals surface area contributed by atoms with Crippen molar-refractivity contribution in [3.05, 3.63) is 48.9 Å². The van der Waals surface area contributed by atoms with Crippen LogP contribution >= 0.6 is 0 Å². The van der Waals surface area contributed by atoms with Crippen molar-refractivity contribution in [3.63, 3.8) is 0 Å². The predicted molar refractivity (Wildman–Crippen MR) is 96.4 cm³/mol. The third-order valence-corrected chi connectivity index (χ3v) is 3.80. The number of fused-ring (bicyclic) bond motifs is 1. The fraction of sp³-hybridized carbons (Fsp3) is 0.176. The standard InChI is InChI=1S/C17H16N8O2/c26-12(6-7-18-16-14-17(21-9-20-14)23-10-22-16)19-8-13-24-15(25-27-13)11-4-2-1-3-5-11/h1-5,9-10H,6-8H2,(H,19,26)(H2,18,20,21,22,23). The minimum atomic E-state index is -0.142. The second-order valence-electron chi connectivity index (χ2n) is 5.65. The van der Waals surface area contributed by atoms with Crippen molar-refractivity contribution in [3.8, 4) is 11.4 Å². The van der Waals surface area contributed by atoms with Crippen molar-refractivity contribution in [2.75, 3.05) is 11.9 Å². The Bertz CT molecular complexity index is 1040. The van der Waals surface area contributed by atoms with Gasteiger partial charge in [0.1, 0.15) is 11.8 Å². The molecule has 4 rings (SSSR count). The number of aromatic amines is 1. The highest BCUT2D eigenvalue weighted by Crippen LogP contribution is 2.15. The summed E-state index contributed by atoms with van der Waals surface area (Å²) in [5.41, 5.74) is 2.14. The molecule has 3 heterocycles. The topological polar surface area (TPSA) is 135 Å². The van der Waals surface area contributed by atoms with Crippen LogP contribution in [-0.4, -0.2) is 42.5 Å². The smallest absolute Gasteiger partial charge is 0.246 e. The van der Waals surface area contributed by atoms with Crippen LogP contribution in [0.3, 0.4) is 0 Å². The van der Waals surface area contributed by atoms with E-state index in [1.807, 2.05) is 30.3 Å². The van der Waals surface area contributed by atoms with E-state index in [2.05, 4.69) is 40.7 Å². The molecule has 3 aromatic heterocycles. The van der Waals surface area contributed by atoms with Gasteiger partial charge in [0.15, 0.2) is 11.5 Å². The third kappa shape index (κ3) is 3.89. The molecule has 0 fully saturated rings. The van der Waals surface area contributed by atoms with Crippen LogP contribution in [0.1, 0.15) is 12.3 Å². The molecule has 0 aliphatic rings. The van der Waals surface area contributed by atoms with E-state index in [1.54, 1.807) is 6.33 Å². The molecule has 10 nitrogen and oxygen atoms in total. The molecule has 0 atom stereocenters. The summed E-state index contributed by atoms with van der Waals surface area (Å²) in [4.78, 5) is 31.5. The molecule has 0 spiro atoms. The van der Waals surface area contributed by atoms with E-state index in [0.717, 1.165) is 5.56 Å². The lowest BCUT2D eigenvalue weighted by atomic mass is 10.2. The van der Waals surface area contributed by atoms with Gasteiger partial charge in [-0.25, -0.2) is 15.0 Å². The summed E-state index contributed by atoms with van der Waals surface area (Å²) < 4.78 is 5.16. The molecule has 1 amide bonds. The number of hydrogen-bond acceptors (Lipinski definition) is 8. The maximum absolute atomic E-state index is 12.0. The third-order valence-electron chi connectivity index (χ3n) is 3.80. The van der Waals surface area contributed by atoms with Crippen LogP contribution in [0.5, 0.6) is 0 Å². The quantitative estimate of drug-likeness (QED) is 0.449. The molecule has 3 N–H and O–H groups in total. The van der Waals surface area contributed by atoms with Crippen LogP contribution in [0.25, 0.3) is 22.6 Å². The predicted octanol–water partition coefficient (Wildman–Crippen LogP) is 1.52. The highest BCUT2D eigenvalue weighted by molar-refractivity contribution is 5.82. The molecule has 4 aromatic rings. The lowest BCUT2D eigenvalue weighted by Gasteiger charge is -2.06. The van der Waals surface area contributed by atoms with E-state index < -0.39 is 0 Å². The molecular formula is C17H16N8O2. The number of aromatic nitrogens is 6. The first-order valence-corrected chi connectivity index (χ1v) is 8.32. The molecule has 0 bridgehead atoms. The summed E-state index contributed by atoms with van der Waals surface area (Å²) in [7, 11) is 0. The van der Waals surface area contributed by atoms with Crippen LogP contribution in [0.15, 0.2) is 47.5 Å². The number of nitrogens with zero attached hydrogens (tertiary/aromatic N) is 5. The summed E-state index contributed by atoms with van der Waals surface area (Å²) in [6, 6.07) is 9.49. The summed E-state index contributed by atoms with van der Waals surface area (Å²) in [6.45, 7) is 0.590. The van der Waals surface area contributed by atoms with E-state index in [-0.39, 0.29) is 18.9 Å². The Hall–Kier alpha value is -3.82. The Labute approximate surface area is 153 Å². The van der Waals surface area contributed by atoms with Crippen LogP contribution in [0.2, 0.25) is 0 Å². The minimum Gasteiger partial charge on any atom is -0.368 e. The Morgan fingerprint density at radius 3 is 2.93 bits per heavy atom. The van der Waals surface area contributed by atoms with Gasteiger partial charge in [-0.1, -0.05) is 35.5 Å². The van der Waals surface area contributed by atoms with Crippen LogP contribution in [-0.2, 0) is 11.3 Å². The Kier molecular flexibility index (Phi) is 4.68. The van der Waals surface area contributed by atoms with Crippen molar-refractivity contribution in [1.29, 1.82) is 0 Å². The Morgan fingerprint density at radius 2 is 2.04 bits per heavy atom. The maximum Gasteiger partial charge on any atom is 0.246 e. The molecule has 0 saturated heterocycles. The number of imidazole rings is 1. The molecule has 0 aliphatic heterocycles. The minimum absolute atomic E-state index is 0.142. The first-order valence-electron chi connectivity index (χ1n) is 8.32. The monoisotopic (exact) mass is 364 g/mol. The maximum atomic E-state index is 12.0. The van der Waals surface area contributed by atoms with Gasteiger partial charge in [0.05, 0.1) is 12.9 Å². The number of carbonyl (C=O) groups excluding carboxylic acids is 1. The molecule has 0 radical (unpaired) electrons. The number of hydrogen-bond donors (Lipinski definition) is 3. The lowest BCUT2D eigenvalue weighted by molar-refractivity contribution is -0.121. The first kappa shape index (κ1) is 16.6. The van der Waals surface area contributed by atoms with E-state index in [9.17, 15) is 4.79 Å². The SMILES string of the molecule is O=C(CCNc1ncnc2nc[nH]c12)NCc1nc(-c2ccccc2)no1. The summed E-state index contributed by atoms with van der Waals surface area (Å²) in [5, 5.41) is 9.76. The van der Waals surface area contributed by atoms with Crippen molar-refractivity contribution >= 4 is 22.9 Å². The van der Waals surface area contributed by atoms with Gasteiger partial charge in [0.2, 0.25) is 17.6 Å². The number of rotatable bonds is 7. The van der Waals surface area contributed by atoms with Crippen LogP contribution in [0, 0.1) is 0 Å². The molecule has 136 valence electrons. The van der Waals surface area contributed by atoms with Crippen LogP contribution < -0.4 is 10.6 Å². The van der Waals surface area contributed by atoms with Gasteiger partial charge in [-0.15, -0.1) is 0 Å². The van der Waals surface area contributed by atoms with Crippen molar-refractivity contribution in [2.45, 2.75) is 13.0 Å².